The van der Waals surface area contributed by atoms with Gasteiger partial charge in [-0.25, -0.2) is 21.2 Å². The van der Waals surface area contributed by atoms with Crippen LogP contribution in [-0.2, 0) is 24.6 Å². The number of hydrogen-bond acceptors (Lipinski definition) is 8. The Labute approximate surface area is 239 Å². The number of anilines is 1. The summed E-state index contributed by atoms with van der Waals surface area (Å²) in [5.41, 5.74) is 1.69. The molecule has 1 amide bonds. The van der Waals surface area contributed by atoms with E-state index >= 15 is 0 Å². The van der Waals surface area contributed by atoms with Crippen molar-refractivity contribution in [3.63, 3.8) is 0 Å². The quantitative estimate of drug-likeness (QED) is 0.452. The Bertz CT molecular complexity index is 1680. The Kier molecular flexibility index (Phi) is 7.92. The molecule has 1 saturated heterocycles. The van der Waals surface area contributed by atoms with Crippen molar-refractivity contribution in [2.45, 2.75) is 37.2 Å². The van der Waals surface area contributed by atoms with Crippen molar-refractivity contribution >= 4 is 42.4 Å². The van der Waals surface area contributed by atoms with Crippen LogP contribution in [0.25, 0.3) is 22.3 Å². The van der Waals surface area contributed by atoms with Crippen molar-refractivity contribution in [2.24, 2.45) is 0 Å². The zero-order valence-corrected chi connectivity index (χ0v) is 25.0. The van der Waals surface area contributed by atoms with Crippen molar-refractivity contribution < 1.29 is 35.2 Å². The first-order valence-corrected chi connectivity index (χ1v) is 17.0. The van der Waals surface area contributed by atoms with Gasteiger partial charge in [0.25, 0.3) is 5.91 Å². The molecule has 222 valence electrons. The molecule has 5 rings (SSSR count). The highest BCUT2D eigenvalue weighted by Crippen LogP contribution is 2.42. The molecule has 0 radical (unpaired) electrons. The van der Waals surface area contributed by atoms with Gasteiger partial charge in [-0.2, -0.15) is 0 Å². The fraction of sp³-hybridized carbons (Fsp3) is 0.464. The number of nitrogens with one attached hydrogen (secondary N) is 1. The highest BCUT2D eigenvalue weighted by molar-refractivity contribution is 7.92. The highest BCUT2D eigenvalue weighted by Gasteiger charge is 2.38. The average Bonchev–Trinajstić information content (AvgIpc) is 3.22. The first kappa shape index (κ1) is 29.5. The molecular weight excluding hydrogens is 573 g/mol. The predicted molar refractivity (Wildman–Crippen MR) is 155 cm³/mol. The zero-order valence-electron chi connectivity index (χ0n) is 23.4. The number of likely N-dealkylation sites (tertiary alicyclic amines) is 1. The van der Waals surface area contributed by atoms with Crippen LogP contribution in [0.4, 0.5) is 10.1 Å². The standard InChI is InChI=1S/C28H34FN3O7S2/c1-17-22-13-23-25(39-27(26(23)28(33)30-2)18-5-7-19(29)8-6-18)14-24(22)32(40(4,34)35)15-20(38-17)16-41(36,37)21-9-11-31(3)12-10-21/h5-8,13-14,17,20-21H,9-12,15-16H2,1-4H3,(H,30,33)/t17-,20-/m0/s1. The van der Waals surface area contributed by atoms with E-state index < -0.39 is 49.0 Å². The summed E-state index contributed by atoms with van der Waals surface area (Å²) < 4.78 is 79.9. The molecule has 0 aliphatic carbocycles. The van der Waals surface area contributed by atoms with Gasteiger partial charge < -0.3 is 19.4 Å². The zero-order chi connectivity index (χ0) is 29.7. The fourth-order valence-electron chi connectivity index (χ4n) is 5.68. The number of sulfone groups is 1. The lowest BCUT2D eigenvalue weighted by molar-refractivity contribution is 0.0191. The van der Waals surface area contributed by atoms with Gasteiger partial charge in [0.2, 0.25) is 10.0 Å². The maximum absolute atomic E-state index is 13.6. The maximum Gasteiger partial charge on any atom is 0.255 e. The maximum atomic E-state index is 13.6. The van der Waals surface area contributed by atoms with Gasteiger partial charge in [-0.3, -0.25) is 9.10 Å². The molecule has 3 aromatic rings. The van der Waals surface area contributed by atoms with E-state index in [1.807, 2.05) is 7.05 Å². The summed E-state index contributed by atoms with van der Waals surface area (Å²) in [7, 11) is -4.00. The molecule has 10 nitrogen and oxygen atoms in total. The number of halogens is 1. The van der Waals surface area contributed by atoms with Crippen molar-refractivity contribution in [3.05, 3.63) is 53.3 Å². The topological polar surface area (TPSA) is 126 Å². The molecule has 0 saturated carbocycles. The number of rotatable bonds is 6. The molecule has 2 aliphatic rings. The molecule has 0 spiro atoms. The Morgan fingerprint density at radius 2 is 1.76 bits per heavy atom. The van der Waals surface area contributed by atoms with Crippen molar-refractivity contribution in [1.82, 2.24) is 10.2 Å². The lowest BCUT2D eigenvalue weighted by Gasteiger charge is -2.30. The third-order valence-corrected chi connectivity index (χ3v) is 11.3. The lowest BCUT2D eigenvalue weighted by Crippen LogP contribution is -2.43. The minimum Gasteiger partial charge on any atom is -0.455 e. The number of carbonyl (C=O) groups excluding carboxylic acids is 1. The van der Waals surface area contributed by atoms with Gasteiger partial charge in [-0.1, -0.05) is 0 Å². The van der Waals surface area contributed by atoms with E-state index in [9.17, 15) is 26.0 Å². The molecule has 2 aromatic carbocycles. The molecule has 1 N–H and O–H groups in total. The summed E-state index contributed by atoms with van der Waals surface area (Å²) in [6.45, 7) is 2.90. The largest absolute Gasteiger partial charge is 0.455 e. The highest BCUT2D eigenvalue weighted by atomic mass is 32.2. The van der Waals surface area contributed by atoms with Crippen LogP contribution in [0.2, 0.25) is 0 Å². The SMILES string of the molecule is CNC(=O)c1c(-c2ccc(F)cc2)oc2cc3c(cc12)[C@H](C)O[C@H](CS(=O)(=O)C1CCN(C)CC1)CN3S(C)(=O)=O. The van der Waals surface area contributed by atoms with Gasteiger partial charge >= 0.3 is 0 Å². The molecule has 13 heteroatoms. The molecule has 0 unspecified atom stereocenters. The third-order valence-electron chi connectivity index (χ3n) is 7.86. The second kappa shape index (κ2) is 11.0. The lowest BCUT2D eigenvalue weighted by atomic mass is 10.0. The molecule has 41 heavy (non-hydrogen) atoms. The number of ether oxygens (including phenoxy) is 1. The summed E-state index contributed by atoms with van der Waals surface area (Å²) >= 11 is 0. The Morgan fingerprint density at radius 3 is 2.37 bits per heavy atom. The van der Waals surface area contributed by atoms with Gasteiger partial charge in [-0.05, 0) is 70.2 Å². The van der Waals surface area contributed by atoms with Crippen LogP contribution in [0.1, 0.15) is 41.8 Å². The number of furan rings is 1. The van der Waals surface area contributed by atoms with E-state index in [1.54, 1.807) is 19.1 Å². The molecule has 2 atom stereocenters. The van der Waals surface area contributed by atoms with Gasteiger partial charge in [-0.15, -0.1) is 0 Å². The number of sulfonamides is 1. The van der Waals surface area contributed by atoms with E-state index in [0.29, 0.717) is 42.4 Å². The molecule has 3 heterocycles. The number of nitrogens with zero attached hydrogens (tertiary/aromatic N) is 2. The van der Waals surface area contributed by atoms with Gasteiger partial charge in [0.05, 0.1) is 47.3 Å². The summed E-state index contributed by atoms with van der Waals surface area (Å²) in [5, 5.41) is 2.52. The molecule has 0 bridgehead atoms. The fourth-order valence-corrected chi connectivity index (χ4v) is 8.53. The average molecular weight is 608 g/mol. The number of hydrogen-bond donors (Lipinski definition) is 1. The van der Waals surface area contributed by atoms with Gasteiger partial charge in [0.15, 0.2) is 9.84 Å². The van der Waals surface area contributed by atoms with Crippen LogP contribution in [0.3, 0.4) is 0 Å². The van der Waals surface area contributed by atoms with Crippen LogP contribution < -0.4 is 9.62 Å². The molecule has 1 fully saturated rings. The summed E-state index contributed by atoms with van der Waals surface area (Å²) in [6, 6.07) is 8.70. The van der Waals surface area contributed by atoms with Crippen LogP contribution in [0.5, 0.6) is 0 Å². The van der Waals surface area contributed by atoms with Gasteiger partial charge in [0, 0.05) is 29.6 Å². The van der Waals surface area contributed by atoms with Crippen molar-refractivity contribution in [3.8, 4) is 11.3 Å². The summed E-state index contributed by atoms with van der Waals surface area (Å²) in [5.74, 6) is -0.978. The second-order valence-corrected chi connectivity index (χ2v) is 15.1. The smallest absolute Gasteiger partial charge is 0.255 e. The molecule has 1 aromatic heterocycles. The van der Waals surface area contributed by atoms with Crippen LogP contribution in [-0.4, -0.2) is 84.7 Å². The van der Waals surface area contributed by atoms with Crippen molar-refractivity contribution in [1.29, 1.82) is 0 Å². The van der Waals surface area contributed by atoms with Crippen molar-refractivity contribution in [2.75, 3.05) is 50.0 Å². The van der Waals surface area contributed by atoms with Crippen LogP contribution in [0.15, 0.2) is 40.8 Å². The van der Waals surface area contributed by atoms with Crippen LogP contribution >= 0.6 is 0 Å². The number of piperidine rings is 1. The Morgan fingerprint density at radius 1 is 1.10 bits per heavy atom. The number of fused-ring (bicyclic) bond motifs is 2. The molecular formula is C28H34FN3O7S2. The second-order valence-electron chi connectivity index (χ2n) is 10.8. The Balaban J connectivity index is 1.58. The van der Waals surface area contributed by atoms with E-state index in [-0.39, 0.29) is 34.9 Å². The van der Waals surface area contributed by atoms with Crippen LogP contribution in [0, 0.1) is 5.82 Å². The van der Waals surface area contributed by atoms with Gasteiger partial charge in [0.1, 0.15) is 17.2 Å². The normalized spacial score (nSPS) is 21.0. The first-order valence-electron chi connectivity index (χ1n) is 13.4. The summed E-state index contributed by atoms with van der Waals surface area (Å²) in [6.07, 6.45) is 0.497. The minimum absolute atomic E-state index is 0.193. The van der Waals surface area contributed by atoms with E-state index in [1.165, 1.54) is 31.3 Å². The van der Waals surface area contributed by atoms with E-state index in [2.05, 4.69) is 10.2 Å². The minimum atomic E-state index is -3.87. The summed E-state index contributed by atoms with van der Waals surface area (Å²) in [4.78, 5) is 15.1. The number of amides is 1. The molecule has 2 aliphatic heterocycles. The van der Waals surface area contributed by atoms with E-state index in [4.69, 9.17) is 9.15 Å². The predicted octanol–water partition coefficient (Wildman–Crippen LogP) is 3.33. The Hall–Kier alpha value is -3.00. The number of carbonyl (C=O) groups is 1. The number of benzene rings is 2. The monoisotopic (exact) mass is 607 g/mol. The van der Waals surface area contributed by atoms with E-state index in [0.717, 1.165) is 10.6 Å². The first-order chi connectivity index (χ1) is 19.3. The third kappa shape index (κ3) is 5.85.